The molecule has 0 saturated heterocycles. The summed E-state index contributed by atoms with van der Waals surface area (Å²) < 4.78 is 13.1. The molecule has 146 valence electrons. The fourth-order valence-corrected chi connectivity index (χ4v) is 2.79. The first-order valence-electron chi connectivity index (χ1n) is 8.23. The van der Waals surface area contributed by atoms with Gasteiger partial charge in [-0.3, -0.25) is 15.5 Å². The number of hydrogen-bond donors (Lipinski definition) is 2. The molecule has 2 N–H and O–H groups in total. The SMILES string of the molecule is O=C(O)c1ccccc1C(=NNc1ccc(F)cc1)c1ccc(Cl)c([N+](=O)[O-])c1. The highest BCUT2D eigenvalue weighted by Gasteiger charge is 2.20. The van der Waals surface area contributed by atoms with Crippen LogP contribution in [0.4, 0.5) is 15.8 Å². The van der Waals surface area contributed by atoms with Crippen LogP contribution in [0.15, 0.2) is 71.8 Å². The largest absolute Gasteiger partial charge is 0.478 e. The van der Waals surface area contributed by atoms with E-state index in [2.05, 4.69) is 10.5 Å². The molecular weight excluding hydrogens is 401 g/mol. The zero-order valence-electron chi connectivity index (χ0n) is 14.7. The van der Waals surface area contributed by atoms with Crippen molar-refractivity contribution in [1.29, 1.82) is 0 Å². The number of hydrazone groups is 1. The Bertz CT molecular complexity index is 1120. The molecule has 3 aromatic rings. The number of benzene rings is 3. The summed E-state index contributed by atoms with van der Waals surface area (Å²) in [6.45, 7) is 0. The lowest BCUT2D eigenvalue weighted by Gasteiger charge is -2.11. The number of hydrogen-bond acceptors (Lipinski definition) is 5. The zero-order chi connectivity index (χ0) is 21.0. The number of nitrogens with one attached hydrogen (secondary N) is 1. The van der Waals surface area contributed by atoms with Crippen LogP contribution in [0, 0.1) is 15.9 Å². The Morgan fingerprint density at radius 1 is 1.07 bits per heavy atom. The number of nitrogens with zero attached hydrogens (tertiary/aromatic N) is 2. The minimum atomic E-state index is -1.18. The fraction of sp³-hybridized carbons (Fsp3) is 0. The number of rotatable bonds is 6. The van der Waals surface area contributed by atoms with Crippen LogP contribution in [0.25, 0.3) is 0 Å². The van der Waals surface area contributed by atoms with Crippen molar-refractivity contribution < 1.29 is 19.2 Å². The lowest BCUT2D eigenvalue weighted by molar-refractivity contribution is -0.384. The number of anilines is 1. The Labute approximate surface area is 169 Å². The van der Waals surface area contributed by atoms with Gasteiger partial charge in [0.2, 0.25) is 0 Å². The monoisotopic (exact) mass is 413 g/mol. The molecule has 0 saturated carbocycles. The lowest BCUT2D eigenvalue weighted by Crippen LogP contribution is -2.13. The second kappa shape index (κ2) is 8.49. The Balaban J connectivity index is 2.16. The predicted molar refractivity (Wildman–Crippen MR) is 107 cm³/mol. The molecule has 0 aliphatic carbocycles. The van der Waals surface area contributed by atoms with Crippen LogP contribution in [0.1, 0.15) is 21.5 Å². The molecule has 0 spiro atoms. The van der Waals surface area contributed by atoms with Crippen LogP contribution >= 0.6 is 11.6 Å². The molecule has 0 fully saturated rings. The summed E-state index contributed by atoms with van der Waals surface area (Å²) >= 11 is 5.88. The van der Waals surface area contributed by atoms with E-state index in [4.69, 9.17) is 11.6 Å². The number of halogens is 2. The van der Waals surface area contributed by atoms with Crippen LogP contribution in [-0.2, 0) is 0 Å². The summed E-state index contributed by atoms with van der Waals surface area (Å²) in [7, 11) is 0. The van der Waals surface area contributed by atoms with Gasteiger partial charge in [-0.15, -0.1) is 0 Å². The van der Waals surface area contributed by atoms with E-state index in [0.29, 0.717) is 5.69 Å². The second-order valence-electron chi connectivity index (χ2n) is 5.85. The molecule has 0 aliphatic rings. The van der Waals surface area contributed by atoms with Crippen molar-refractivity contribution in [3.63, 3.8) is 0 Å². The van der Waals surface area contributed by atoms with Crippen LogP contribution < -0.4 is 5.43 Å². The lowest BCUT2D eigenvalue weighted by atomic mass is 9.97. The topological polar surface area (TPSA) is 105 Å². The highest BCUT2D eigenvalue weighted by atomic mass is 35.5. The average Bonchev–Trinajstić information content (AvgIpc) is 2.70. The molecule has 0 aromatic heterocycles. The number of aromatic carboxylic acids is 1. The molecule has 3 rings (SSSR count). The van der Waals surface area contributed by atoms with E-state index in [0.717, 1.165) is 0 Å². The van der Waals surface area contributed by atoms with Crippen molar-refractivity contribution in [3.8, 4) is 0 Å². The third-order valence-electron chi connectivity index (χ3n) is 3.97. The second-order valence-corrected chi connectivity index (χ2v) is 6.26. The Morgan fingerprint density at radius 2 is 1.72 bits per heavy atom. The fourth-order valence-electron chi connectivity index (χ4n) is 2.60. The van der Waals surface area contributed by atoms with Gasteiger partial charge in [-0.1, -0.05) is 35.9 Å². The van der Waals surface area contributed by atoms with Gasteiger partial charge in [-0.05, 0) is 36.4 Å². The van der Waals surface area contributed by atoms with Gasteiger partial charge in [-0.2, -0.15) is 5.10 Å². The van der Waals surface area contributed by atoms with Crippen LogP contribution in [-0.4, -0.2) is 21.7 Å². The van der Waals surface area contributed by atoms with Gasteiger partial charge < -0.3 is 5.11 Å². The van der Waals surface area contributed by atoms with Gasteiger partial charge in [0.25, 0.3) is 5.69 Å². The van der Waals surface area contributed by atoms with Gasteiger partial charge in [0.1, 0.15) is 10.8 Å². The van der Waals surface area contributed by atoms with Crippen molar-refractivity contribution in [2.75, 3.05) is 5.43 Å². The molecule has 0 bridgehead atoms. The van der Waals surface area contributed by atoms with E-state index >= 15 is 0 Å². The quantitative estimate of drug-likeness (QED) is 0.338. The first-order chi connectivity index (χ1) is 13.9. The summed E-state index contributed by atoms with van der Waals surface area (Å²) in [5.41, 5.74) is 3.46. The summed E-state index contributed by atoms with van der Waals surface area (Å²) in [5.74, 6) is -1.61. The highest BCUT2D eigenvalue weighted by Crippen LogP contribution is 2.27. The Hall–Kier alpha value is -3.78. The van der Waals surface area contributed by atoms with E-state index in [1.807, 2.05) is 0 Å². The number of nitro groups is 1. The number of carboxylic acids is 1. The number of carbonyl (C=O) groups is 1. The minimum absolute atomic E-state index is 0.0373. The van der Waals surface area contributed by atoms with Gasteiger partial charge >= 0.3 is 5.97 Å². The molecular formula is C20H13ClFN3O4. The molecule has 3 aromatic carbocycles. The third kappa shape index (κ3) is 4.56. The molecule has 0 aliphatic heterocycles. The third-order valence-corrected chi connectivity index (χ3v) is 4.29. The molecule has 0 heterocycles. The van der Waals surface area contributed by atoms with Crippen molar-refractivity contribution in [2.45, 2.75) is 0 Å². The van der Waals surface area contributed by atoms with E-state index in [1.165, 1.54) is 54.6 Å². The normalized spacial score (nSPS) is 11.2. The maximum atomic E-state index is 13.1. The van der Waals surface area contributed by atoms with Crippen molar-refractivity contribution in [2.24, 2.45) is 5.10 Å². The smallest absolute Gasteiger partial charge is 0.336 e. The van der Waals surface area contributed by atoms with Crippen LogP contribution in [0.5, 0.6) is 0 Å². The number of carboxylic acid groups (broad SMARTS) is 1. The van der Waals surface area contributed by atoms with Crippen molar-refractivity contribution >= 4 is 34.7 Å². The van der Waals surface area contributed by atoms with Gasteiger partial charge in [0, 0.05) is 17.2 Å². The van der Waals surface area contributed by atoms with Crippen molar-refractivity contribution in [1.82, 2.24) is 0 Å². The molecule has 0 unspecified atom stereocenters. The summed E-state index contributed by atoms with van der Waals surface area (Å²) in [6.07, 6.45) is 0. The van der Waals surface area contributed by atoms with E-state index in [1.54, 1.807) is 12.1 Å². The first kappa shape index (κ1) is 20.0. The van der Waals surface area contributed by atoms with Crippen LogP contribution in [0.3, 0.4) is 0 Å². The Morgan fingerprint density at radius 3 is 2.34 bits per heavy atom. The van der Waals surface area contributed by atoms with Gasteiger partial charge in [-0.25, -0.2) is 9.18 Å². The average molecular weight is 414 g/mol. The highest BCUT2D eigenvalue weighted by molar-refractivity contribution is 6.33. The molecule has 0 radical (unpaired) electrons. The Kier molecular flexibility index (Phi) is 5.85. The summed E-state index contributed by atoms with van der Waals surface area (Å²) in [5, 5.41) is 25.0. The van der Waals surface area contributed by atoms with Gasteiger partial charge in [0.15, 0.2) is 0 Å². The molecule has 29 heavy (non-hydrogen) atoms. The summed E-state index contributed by atoms with van der Waals surface area (Å²) in [6, 6.07) is 15.5. The van der Waals surface area contributed by atoms with E-state index in [-0.39, 0.29) is 33.1 Å². The molecule has 0 amide bonds. The minimum Gasteiger partial charge on any atom is -0.478 e. The molecule has 7 nitrogen and oxygen atoms in total. The zero-order valence-corrected chi connectivity index (χ0v) is 15.4. The van der Waals surface area contributed by atoms with E-state index in [9.17, 15) is 24.4 Å². The number of nitro benzene ring substituents is 1. The molecule has 9 heteroatoms. The predicted octanol–water partition coefficient (Wildman–Crippen LogP) is 4.95. The van der Waals surface area contributed by atoms with E-state index < -0.39 is 16.7 Å². The van der Waals surface area contributed by atoms with Crippen molar-refractivity contribution in [3.05, 3.63) is 104 Å². The maximum Gasteiger partial charge on any atom is 0.336 e. The maximum absolute atomic E-state index is 13.1. The van der Waals surface area contributed by atoms with Crippen LogP contribution in [0.2, 0.25) is 5.02 Å². The standard InChI is InChI=1S/C20H13ClFN3O4/c21-17-10-5-12(11-18(17)25(28)29)19(15-3-1-2-4-16(15)20(26)27)24-23-14-8-6-13(22)7-9-14/h1-11,23H,(H,26,27). The van der Waals surface area contributed by atoms with Gasteiger partial charge in [0.05, 0.1) is 21.9 Å². The summed E-state index contributed by atoms with van der Waals surface area (Å²) in [4.78, 5) is 22.3. The first-order valence-corrected chi connectivity index (χ1v) is 8.61. The molecule has 0 atom stereocenters.